The monoisotopic (exact) mass is 293 g/mol. The average Bonchev–Trinajstić information content (AvgIpc) is 2.44. The fourth-order valence-corrected chi connectivity index (χ4v) is 2.61. The van der Waals surface area contributed by atoms with Crippen molar-refractivity contribution >= 4 is 0 Å². The van der Waals surface area contributed by atoms with Gasteiger partial charge in [0.25, 0.3) is 0 Å². The lowest BCUT2D eigenvalue weighted by atomic mass is 10.1. The molecular weight excluding hydrogens is 265 g/mol. The standard InChI is InChI=1S/C17H28FN3/c1-14(2)11-19-12-15-4-5-17(18)16(10-15)13-21-8-6-20(3)7-9-21/h4-5,10,14,19H,6-9,11-13H2,1-3H3. The molecule has 1 aromatic rings. The van der Waals surface area contributed by atoms with Gasteiger partial charge in [-0.2, -0.15) is 0 Å². The molecule has 118 valence electrons. The smallest absolute Gasteiger partial charge is 0.127 e. The number of nitrogens with one attached hydrogen (secondary N) is 1. The molecule has 2 rings (SSSR count). The number of hydrogen-bond donors (Lipinski definition) is 1. The van der Waals surface area contributed by atoms with Crippen LogP contribution in [0.15, 0.2) is 18.2 Å². The normalized spacial score (nSPS) is 17.6. The third-order valence-electron chi connectivity index (χ3n) is 3.98. The van der Waals surface area contributed by atoms with Crippen molar-refractivity contribution in [2.75, 3.05) is 39.8 Å². The van der Waals surface area contributed by atoms with Gasteiger partial charge in [0.1, 0.15) is 5.82 Å². The van der Waals surface area contributed by atoms with Crippen molar-refractivity contribution < 1.29 is 4.39 Å². The second-order valence-electron chi connectivity index (χ2n) is 6.53. The van der Waals surface area contributed by atoms with Gasteiger partial charge >= 0.3 is 0 Å². The summed E-state index contributed by atoms with van der Waals surface area (Å²) in [5.74, 6) is 0.553. The van der Waals surface area contributed by atoms with Crippen LogP contribution >= 0.6 is 0 Å². The number of nitrogens with zero attached hydrogens (tertiary/aromatic N) is 2. The summed E-state index contributed by atoms with van der Waals surface area (Å²) in [6.45, 7) is 11.1. The van der Waals surface area contributed by atoms with E-state index in [2.05, 4.69) is 36.0 Å². The van der Waals surface area contributed by atoms with E-state index in [4.69, 9.17) is 0 Å². The second-order valence-corrected chi connectivity index (χ2v) is 6.53. The Morgan fingerprint density at radius 2 is 1.90 bits per heavy atom. The molecular formula is C17H28FN3. The first kappa shape index (κ1) is 16.4. The maximum Gasteiger partial charge on any atom is 0.127 e. The minimum absolute atomic E-state index is 0.0819. The molecule has 1 saturated heterocycles. The Morgan fingerprint density at radius 3 is 2.57 bits per heavy atom. The van der Waals surface area contributed by atoms with Gasteiger partial charge in [-0.05, 0) is 31.1 Å². The molecule has 4 heteroatoms. The Labute approximate surface area is 128 Å². The Bertz CT molecular complexity index is 440. The molecule has 0 bridgehead atoms. The van der Waals surface area contributed by atoms with Gasteiger partial charge in [-0.3, -0.25) is 4.90 Å². The van der Waals surface area contributed by atoms with E-state index < -0.39 is 0 Å². The number of hydrogen-bond acceptors (Lipinski definition) is 3. The van der Waals surface area contributed by atoms with E-state index in [1.54, 1.807) is 6.07 Å². The highest BCUT2D eigenvalue weighted by Gasteiger charge is 2.15. The van der Waals surface area contributed by atoms with Crippen LogP contribution in [0, 0.1) is 11.7 Å². The summed E-state index contributed by atoms with van der Waals surface area (Å²) in [4.78, 5) is 4.66. The zero-order valence-electron chi connectivity index (χ0n) is 13.5. The van der Waals surface area contributed by atoms with Crippen LogP contribution < -0.4 is 5.32 Å². The van der Waals surface area contributed by atoms with Crippen molar-refractivity contribution in [3.05, 3.63) is 35.1 Å². The third kappa shape index (κ3) is 5.38. The summed E-state index contributed by atoms with van der Waals surface area (Å²) in [6.07, 6.45) is 0. The lowest BCUT2D eigenvalue weighted by molar-refractivity contribution is 0.147. The van der Waals surface area contributed by atoms with Gasteiger partial charge < -0.3 is 10.2 Å². The first-order valence-electron chi connectivity index (χ1n) is 7.93. The van der Waals surface area contributed by atoms with Crippen LogP contribution in [0.2, 0.25) is 0 Å². The molecule has 0 unspecified atom stereocenters. The number of rotatable bonds is 6. The number of halogens is 1. The van der Waals surface area contributed by atoms with E-state index in [1.165, 1.54) is 5.56 Å². The molecule has 1 N–H and O–H groups in total. The minimum Gasteiger partial charge on any atom is -0.312 e. The molecule has 0 amide bonds. The first-order valence-corrected chi connectivity index (χ1v) is 7.93. The summed E-state index contributed by atoms with van der Waals surface area (Å²) in [5, 5.41) is 3.41. The summed E-state index contributed by atoms with van der Waals surface area (Å²) < 4.78 is 14.0. The summed E-state index contributed by atoms with van der Waals surface area (Å²) in [5.41, 5.74) is 1.99. The molecule has 1 aliphatic rings. The zero-order chi connectivity index (χ0) is 15.2. The van der Waals surface area contributed by atoms with Crippen LogP contribution in [0.4, 0.5) is 4.39 Å². The highest BCUT2D eigenvalue weighted by Crippen LogP contribution is 2.14. The van der Waals surface area contributed by atoms with E-state index >= 15 is 0 Å². The molecule has 1 aliphatic heterocycles. The van der Waals surface area contributed by atoms with Crippen LogP contribution in [-0.4, -0.2) is 49.6 Å². The van der Waals surface area contributed by atoms with Gasteiger partial charge in [0, 0.05) is 44.8 Å². The van der Waals surface area contributed by atoms with Crippen molar-refractivity contribution in [1.82, 2.24) is 15.1 Å². The van der Waals surface area contributed by atoms with Crippen LogP contribution in [0.3, 0.4) is 0 Å². The molecule has 0 spiro atoms. The number of piperazine rings is 1. The lowest BCUT2D eigenvalue weighted by Gasteiger charge is -2.32. The van der Waals surface area contributed by atoms with Gasteiger partial charge in [-0.15, -0.1) is 0 Å². The highest BCUT2D eigenvalue weighted by atomic mass is 19.1. The van der Waals surface area contributed by atoms with Gasteiger partial charge in [0.15, 0.2) is 0 Å². The molecule has 1 fully saturated rings. The largest absolute Gasteiger partial charge is 0.312 e. The Balaban J connectivity index is 1.92. The molecule has 0 saturated carbocycles. The van der Waals surface area contributed by atoms with E-state index in [-0.39, 0.29) is 5.82 Å². The van der Waals surface area contributed by atoms with Gasteiger partial charge in [-0.25, -0.2) is 4.39 Å². The fraction of sp³-hybridized carbons (Fsp3) is 0.647. The van der Waals surface area contributed by atoms with Crippen molar-refractivity contribution in [1.29, 1.82) is 0 Å². The Morgan fingerprint density at radius 1 is 1.19 bits per heavy atom. The Hall–Kier alpha value is -0.970. The maximum absolute atomic E-state index is 14.0. The highest BCUT2D eigenvalue weighted by molar-refractivity contribution is 5.25. The van der Waals surface area contributed by atoms with E-state index in [1.807, 2.05) is 12.1 Å². The van der Waals surface area contributed by atoms with E-state index in [9.17, 15) is 4.39 Å². The third-order valence-corrected chi connectivity index (χ3v) is 3.98. The predicted molar refractivity (Wildman–Crippen MR) is 85.7 cm³/mol. The van der Waals surface area contributed by atoms with E-state index in [0.717, 1.165) is 51.4 Å². The SMILES string of the molecule is CC(C)CNCc1ccc(F)c(CN2CCN(C)CC2)c1. The van der Waals surface area contributed by atoms with E-state index in [0.29, 0.717) is 5.92 Å². The number of likely N-dealkylation sites (N-methyl/N-ethyl adjacent to an activating group) is 1. The molecule has 0 aliphatic carbocycles. The van der Waals surface area contributed by atoms with Crippen molar-refractivity contribution in [2.45, 2.75) is 26.9 Å². The average molecular weight is 293 g/mol. The molecule has 0 aromatic heterocycles. The minimum atomic E-state index is -0.0819. The van der Waals surface area contributed by atoms with Crippen LogP contribution in [0.1, 0.15) is 25.0 Å². The topological polar surface area (TPSA) is 18.5 Å². The first-order chi connectivity index (χ1) is 10.0. The second kappa shape index (κ2) is 7.87. The predicted octanol–water partition coefficient (Wildman–Crippen LogP) is 2.32. The maximum atomic E-state index is 14.0. The molecule has 3 nitrogen and oxygen atoms in total. The molecule has 0 radical (unpaired) electrons. The zero-order valence-corrected chi connectivity index (χ0v) is 13.5. The van der Waals surface area contributed by atoms with Gasteiger partial charge in [0.05, 0.1) is 0 Å². The van der Waals surface area contributed by atoms with Crippen molar-refractivity contribution in [3.63, 3.8) is 0 Å². The molecule has 0 atom stereocenters. The van der Waals surface area contributed by atoms with Crippen molar-refractivity contribution in [3.8, 4) is 0 Å². The summed E-state index contributed by atoms with van der Waals surface area (Å²) in [7, 11) is 2.14. The van der Waals surface area contributed by atoms with Crippen LogP contribution in [-0.2, 0) is 13.1 Å². The van der Waals surface area contributed by atoms with Crippen molar-refractivity contribution in [2.24, 2.45) is 5.92 Å². The fourth-order valence-electron chi connectivity index (χ4n) is 2.61. The summed E-state index contributed by atoms with van der Waals surface area (Å²) >= 11 is 0. The van der Waals surface area contributed by atoms with Crippen LogP contribution in [0.25, 0.3) is 0 Å². The molecule has 1 aromatic carbocycles. The summed E-state index contributed by atoms with van der Waals surface area (Å²) in [6, 6.07) is 5.51. The number of benzene rings is 1. The molecule has 1 heterocycles. The van der Waals surface area contributed by atoms with Gasteiger partial charge in [0.2, 0.25) is 0 Å². The van der Waals surface area contributed by atoms with Gasteiger partial charge in [-0.1, -0.05) is 26.0 Å². The van der Waals surface area contributed by atoms with Crippen LogP contribution in [0.5, 0.6) is 0 Å². The Kier molecular flexibility index (Phi) is 6.15. The molecule has 21 heavy (non-hydrogen) atoms. The quantitative estimate of drug-likeness (QED) is 0.868. The lowest BCUT2D eigenvalue weighted by Crippen LogP contribution is -2.44.